The molecule has 1 N–H and O–H groups in total. The summed E-state index contributed by atoms with van der Waals surface area (Å²) in [6.07, 6.45) is -1.21. The van der Waals surface area contributed by atoms with Crippen molar-refractivity contribution in [3.63, 3.8) is 0 Å². The summed E-state index contributed by atoms with van der Waals surface area (Å²) in [5.74, 6) is 0. The highest BCUT2D eigenvalue weighted by Gasteiger charge is 2.09. The summed E-state index contributed by atoms with van der Waals surface area (Å²) >= 11 is 0. The van der Waals surface area contributed by atoms with Gasteiger partial charge in [0.1, 0.15) is 6.61 Å². The van der Waals surface area contributed by atoms with Gasteiger partial charge in [-0.05, 0) is 0 Å². The van der Waals surface area contributed by atoms with Gasteiger partial charge in [0, 0.05) is 19.6 Å². The lowest BCUT2D eigenvalue weighted by atomic mass is 10.4. The van der Waals surface area contributed by atoms with E-state index in [9.17, 15) is 4.79 Å². The first-order valence-electron chi connectivity index (χ1n) is 3.95. The van der Waals surface area contributed by atoms with Crippen LogP contribution in [0.15, 0.2) is 0 Å². The highest BCUT2D eigenvalue weighted by atomic mass is 16.7. The predicted octanol–water partition coefficient (Wildman–Crippen LogP) is 0.0132. The molecule has 1 aliphatic heterocycles. The topological polar surface area (TPSA) is 59.0 Å². The SMILES string of the molecule is O=C(O)OCCN1CCOCC1. The summed E-state index contributed by atoms with van der Waals surface area (Å²) in [6, 6.07) is 0. The number of hydrogen-bond donors (Lipinski definition) is 1. The van der Waals surface area contributed by atoms with E-state index in [1.54, 1.807) is 0 Å². The Morgan fingerprint density at radius 1 is 1.50 bits per heavy atom. The van der Waals surface area contributed by atoms with Crippen LogP contribution in [0.25, 0.3) is 0 Å². The Kier molecular flexibility index (Phi) is 3.83. The molecule has 5 nitrogen and oxygen atoms in total. The molecule has 70 valence electrons. The van der Waals surface area contributed by atoms with E-state index < -0.39 is 6.16 Å². The number of ether oxygens (including phenoxy) is 2. The van der Waals surface area contributed by atoms with E-state index in [1.807, 2.05) is 0 Å². The highest BCUT2D eigenvalue weighted by molar-refractivity contribution is 5.56. The van der Waals surface area contributed by atoms with Crippen LogP contribution in [-0.2, 0) is 9.47 Å². The normalized spacial score (nSPS) is 19.0. The molecule has 0 unspecified atom stereocenters. The third-order valence-electron chi connectivity index (χ3n) is 1.74. The molecule has 0 saturated carbocycles. The molecule has 1 saturated heterocycles. The Balaban J connectivity index is 2.01. The van der Waals surface area contributed by atoms with Gasteiger partial charge in [0.25, 0.3) is 0 Å². The lowest BCUT2D eigenvalue weighted by Gasteiger charge is -2.25. The van der Waals surface area contributed by atoms with Crippen molar-refractivity contribution in [3.8, 4) is 0 Å². The van der Waals surface area contributed by atoms with Gasteiger partial charge in [-0.3, -0.25) is 4.90 Å². The lowest BCUT2D eigenvalue weighted by Crippen LogP contribution is -2.38. The summed E-state index contributed by atoms with van der Waals surface area (Å²) in [6.45, 7) is 4.09. The molecule has 0 aromatic rings. The van der Waals surface area contributed by atoms with E-state index in [2.05, 4.69) is 9.64 Å². The lowest BCUT2D eigenvalue weighted by molar-refractivity contribution is 0.0229. The Bertz CT molecular complexity index is 144. The molecule has 0 aliphatic carbocycles. The van der Waals surface area contributed by atoms with Gasteiger partial charge in [-0.15, -0.1) is 0 Å². The smallest absolute Gasteiger partial charge is 0.450 e. The summed E-state index contributed by atoms with van der Waals surface area (Å²) in [5.41, 5.74) is 0. The van der Waals surface area contributed by atoms with Crippen molar-refractivity contribution in [2.45, 2.75) is 0 Å². The minimum atomic E-state index is -1.21. The monoisotopic (exact) mass is 175 g/mol. The summed E-state index contributed by atoms with van der Waals surface area (Å²) in [7, 11) is 0. The number of rotatable bonds is 3. The van der Waals surface area contributed by atoms with Crippen LogP contribution in [0, 0.1) is 0 Å². The average molecular weight is 175 g/mol. The molecular weight excluding hydrogens is 162 g/mol. The molecule has 12 heavy (non-hydrogen) atoms. The average Bonchev–Trinajstić information content (AvgIpc) is 2.05. The molecule has 1 fully saturated rings. The van der Waals surface area contributed by atoms with Crippen molar-refractivity contribution in [1.29, 1.82) is 0 Å². The zero-order valence-electron chi connectivity index (χ0n) is 6.86. The van der Waals surface area contributed by atoms with Crippen LogP contribution in [0.4, 0.5) is 4.79 Å². The van der Waals surface area contributed by atoms with Gasteiger partial charge in [0.15, 0.2) is 0 Å². The van der Waals surface area contributed by atoms with Gasteiger partial charge in [0.2, 0.25) is 0 Å². The van der Waals surface area contributed by atoms with Gasteiger partial charge in [-0.1, -0.05) is 0 Å². The maximum absolute atomic E-state index is 9.98. The fourth-order valence-corrected chi connectivity index (χ4v) is 1.09. The van der Waals surface area contributed by atoms with Crippen LogP contribution in [-0.4, -0.2) is 55.6 Å². The Morgan fingerprint density at radius 2 is 2.17 bits per heavy atom. The standard InChI is InChI=1S/C7H13NO4/c9-7(10)12-6-3-8-1-4-11-5-2-8/h1-6H2,(H,9,10). The molecule has 0 atom stereocenters. The van der Waals surface area contributed by atoms with Crippen LogP contribution < -0.4 is 0 Å². The maximum atomic E-state index is 9.98. The number of morpholine rings is 1. The summed E-state index contributed by atoms with van der Waals surface area (Å²) in [4.78, 5) is 12.1. The molecule has 0 aromatic carbocycles. The number of hydrogen-bond acceptors (Lipinski definition) is 4. The fourth-order valence-electron chi connectivity index (χ4n) is 1.09. The molecule has 5 heteroatoms. The van der Waals surface area contributed by atoms with Crippen molar-refractivity contribution in [2.24, 2.45) is 0 Å². The third kappa shape index (κ3) is 3.54. The van der Waals surface area contributed by atoms with Crippen molar-refractivity contribution >= 4 is 6.16 Å². The van der Waals surface area contributed by atoms with Crippen LogP contribution in [0.2, 0.25) is 0 Å². The van der Waals surface area contributed by atoms with E-state index in [4.69, 9.17) is 9.84 Å². The first-order valence-corrected chi connectivity index (χ1v) is 3.95. The van der Waals surface area contributed by atoms with Crippen molar-refractivity contribution in [2.75, 3.05) is 39.5 Å². The number of nitrogens with zero attached hydrogens (tertiary/aromatic N) is 1. The maximum Gasteiger partial charge on any atom is 0.505 e. The van der Waals surface area contributed by atoms with Crippen molar-refractivity contribution in [1.82, 2.24) is 4.90 Å². The summed E-state index contributed by atoms with van der Waals surface area (Å²) < 4.78 is 9.51. The molecule has 0 bridgehead atoms. The van der Waals surface area contributed by atoms with Crippen molar-refractivity contribution in [3.05, 3.63) is 0 Å². The Morgan fingerprint density at radius 3 is 2.75 bits per heavy atom. The van der Waals surface area contributed by atoms with E-state index in [0.717, 1.165) is 26.3 Å². The number of carboxylic acid groups (broad SMARTS) is 1. The van der Waals surface area contributed by atoms with Gasteiger partial charge < -0.3 is 14.6 Å². The fraction of sp³-hybridized carbons (Fsp3) is 0.857. The van der Waals surface area contributed by atoms with Crippen LogP contribution in [0.5, 0.6) is 0 Å². The second-order valence-electron chi connectivity index (χ2n) is 2.57. The van der Waals surface area contributed by atoms with Crippen LogP contribution in [0.3, 0.4) is 0 Å². The largest absolute Gasteiger partial charge is 0.505 e. The molecule has 1 aliphatic rings. The molecule has 1 heterocycles. The first-order chi connectivity index (χ1) is 5.79. The van der Waals surface area contributed by atoms with E-state index >= 15 is 0 Å². The van der Waals surface area contributed by atoms with E-state index in [-0.39, 0.29) is 6.61 Å². The minimum absolute atomic E-state index is 0.245. The second kappa shape index (κ2) is 4.95. The van der Waals surface area contributed by atoms with Gasteiger partial charge in [-0.25, -0.2) is 4.79 Å². The Hall–Kier alpha value is -0.810. The van der Waals surface area contributed by atoms with Crippen LogP contribution in [0.1, 0.15) is 0 Å². The molecular formula is C7H13NO4. The van der Waals surface area contributed by atoms with Crippen LogP contribution >= 0.6 is 0 Å². The first kappa shape index (κ1) is 9.28. The molecule has 0 aromatic heterocycles. The van der Waals surface area contributed by atoms with E-state index in [1.165, 1.54) is 0 Å². The van der Waals surface area contributed by atoms with Gasteiger partial charge in [-0.2, -0.15) is 0 Å². The minimum Gasteiger partial charge on any atom is -0.450 e. The van der Waals surface area contributed by atoms with Gasteiger partial charge in [0.05, 0.1) is 13.2 Å². The molecule has 0 amide bonds. The Labute approximate surface area is 70.9 Å². The summed E-state index contributed by atoms with van der Waals surface area (Å²) in [5, 5.41) is 8.18. The quantitative estimate of drug-likeness (QED) is 0.612. The van der Waals surface area contributed by atoms with E-state index in [0.29, 0.717) is 6.54 Å². The van der Waals surface area contributed by atoms with Crippen molar-refractivity contribution < 1.29 is 19.4 Å². The zero-order chi connectivity index (χ0) is 8.81. The number of carbonyl (C=O) groups is 1. The van der Waals surface area contributed by atoms with Gasteiger partial charge >= 0.3 is 6.16 Å². The predicted molar refractivity (Wildman–Crippen MR) is 41.2 cm³/mol. The molecule has 0 radical (unpaired) electrons. The second-order valence-corrected chi connectivity index (χ2v) is 2.57. The highest BCUT2D eigenvalue weighted by Crippen LogP contribution is 1.95. The zero-order valence-corrected chi connectivity index (χ0v) is 6.86. The molecule has 1 rings (SSSR count). The third-order valence-corrected chi connectivity index (χ3v) is 1.74. The molecule has 0 spiro atoms.